The Morgan fingerprint density at radius 2 is 1.20 bits per heavy atom. The maximum atomic E-state index is 11.7. The van der Waals surface area contributed by atoms with Gasteiger partial charge in [-0.15, -0.1) is 0 Å². The topological polar surface area (TPSA) is 169 Å². The van der Waals surface area contributed by atoms with E-state index in [0.717, 1.165) is 89.8 Å². The smallest absolute Gasteiger partial charge is 0.337 e. The molecule has 2 radical (unpaired) electrons. The Labute approximate surface area is 333 Å². The second-order valence-electron chi connectivity index (χ2n) is 14.3. The molecule has 0 amide bonds. The van der Waals surface area contributed by atoms with Crippen molar-refractivity contribution < 1.29 is 38.7 Å². The molecule has 14 heteroatoms. The van der Waals surface area contributed by atoms with E-state index in [0.29, 0.717) is 28.4 Å². The molecule has 4 aromatic rings. The van der Waals surface area contributed by atoms with Gasteiger partial charge in [0.05, 0.1) is 58.3 Å². The minimum absolute atomic E-state index is 0.328. The van der Waals surface area contributed by atoms with E-state index in [4.69, 9.17) is 32.3 Å². The van der Waals surface area contributed by atoms with Crippen LogP contribution in [0.5, 0.6) is 0 Å². The molecule has 54 heavy (non-hydrogen) atoms. The van der Waals surface area contributed by atoms with Gasteiger partial charge in [0.15, 0.2) is 0 Å². The molecule has 0 aliphatic carbocycles. The van der Waals surface area contributed by atoms with E-state index < -0.39 is 11.2 Å². The van der Waals surface area contributed by atoms with Crippen molar-refractivity contribution in [2.24, 2.45) is 0 Å². The zero-order chi connectivity index (χ0) is 40.1. The Bertz CT molecular complexity index is 1770. The lowest BCUT2D eigenvalue weighted by atomic mass is 9.90. The molecule has 0 atom stereocenters. The molecule has 2 aliphatic rings. The number of H-pyrrole nitrogens is 2. The van der Waals surface area contributed by atoms with E-state index in [1.165, 1.54) is 14.2 Å². The van der Waals surface area contributed by atoms with Crippen LogP contribution in [0.2, 0.25) is 0 Å². The highest BCUT2D eigenvalue weighted by atomic mass is 127. The molecular weight excluding hydrogens is 802 g/mol. The number of benzene rings is 2. The Kier molecular flexibility index (Phi) is 17.4. The van der Waals surface area contributed by atoms with Crippen LogP contribution in [0.1, 0.15) is 109 Å². The quantitative estimate of drug-likeness (QED) is 0.101. The molecule has 0 unspecified atom stereocenters. The van der Waals surface area contributed by atoms with E-state index >= 15 is 0 Å². The molecule has 12 nitrogen and oxygen atoms in total. The van der Waals surface area contributed by atoms with E-state index in [1.807, 2.05) is 38.4 Å². The van der Waals surface area contributed by atoms with Crippen LogP contribution in [0.3, 0.4) is 0 Å². The number of methoxy groups -OCH3 is 2. The summed E-state index contributed by atoms with van der Waals surface area (Å²) in [5.41, 5.74) is 3.60. The summed E-state index contributed by atoms with van der Waals surface area (Å²) in [5, 5.41) is 18.2. The fraction of sp³-hybridized carbons (Fsp3) is 0.500. The number of carbonyl (C=O) groups excluding carboxylic acids is 2. The van der Waals surface area contributed by atoms with Gasteiger partial charge in [0.2, 0.25) is 0 Å². The third kappa shape index (κ3) is 13.6. The standard InChI is InChI=1S/C17H20N2O3.C9H9BO2.C8H11IN2O.C6H14O2/c1-11-3-4-13(17(20)21-2)9-14(11)15-10-18-16(19-15)12-5-7-22-8-6-12;1-6-3-4-7(5-8(6)10)9(11)12-2;9-7-5-10-8(11-7)6-1-3-12-4-2-6;1-5(2,7)6(3,4)8/h3-4,9-10,12H,5-8H2,1-2H3,(H,18,19);3-5H,1-2H3;5-6H,1-4H2,(H,10,11);7-8H,1-4H3. The molecule has 0 spiro atoms. The van der Waals surface area contributed by atoms with Gasteiger partial charge < -0.3 is 39.1 Å². The second-order valence-corrected chi connectivity index (χ2v) is 15.4. The summed E-state index contributed by atoms with van der Waals surface area (Å²) < 4.78 is 21.1. The zero-order valence-corrected chi connectivity index (χ0v) is 34.8. The first-order valence-corrected chi connectivity index (χ1v) is 19.0. The van der Waals surface area contributed by atoms with Crippen LogP contribution in [0.4, 0.5) is 0 Å². The third-order valence-corrected chi connectivity index (χ3v) is 10.1. The molecule has 2 saturated heterocycles. The second kappa shape index (κ2) is 20.9. The lowest BCUT2D eigenvalue weighted by Gasteiger charge is -2.31. The molecule has 0 bridgehead atoms. The minimum Gasteiger partial charge on any atom is -0.465 e. The van der Waals surface area contributed by atoms with Gasteiger partial charge >= 0.3 is 11.9 Å². The number of hydrogen-bond donors (Lipinski definition) is 4. The van der Waals surface area contributed by atoms with Crippen molar-refractivity contribution in [2.75, 3.05) is 40.6 Å². The molecule has 2 aliphatic heterocycles. The predicted octanol–water partition coefficient (Wildman–Crippen LogP) is 6.08. The first kappa shape index (κ1) is 44.8. The molecule has 4 heterocycles. The Balaban J connectivity index is 0.000000210. The van der Waals surface area contributed by atoms with Crippen LogP contribution >= 0.6 is 22.6 Å². The molecule has 2 aromatic heterocycles. The monoisotopic (exact) mass is 856 g/mol. The SMILES string of the molecule is CC(C)(O)C(C)(C)O.COC(=O)c1ccc(C)c(-c2cnc(C3CCOCC3)[nH]2)c1.Ic1cnc(C2CCOCC2)[nH]1.[B]c1cc(C(=O)OC)ccc1C. The van der Waals surface area contributed by atoms with E-state index in [9.17, 15) is 9.59 Å². The molecule has 2 aromatic carbocycles. The zero-order valence-electron chi connectivity index (χ0n) is 32.6. The minimum atomic E-state index is -1.01. The van der Waals surface area contributed by atoms with Gasteiger partial charge in [-0.05, 0) is 114 Å². The predicted molar refractivity (Wildman–Crippen MR) is 217 cm³/mol. The number of aromatic amines is 2. The van der Waals surface area contributed by atoms with Gasteiger partial charge in [0.25, 0.3) is 0 Å². The van der Waals surface area contributed by atoms with Gasteiger partial charge in [-0.3, -0.25) is 0 Å². The van der Waals surface area contributed by atoms with E-state index in [-0.39, 0.29) is 11.9 Å². The summed E-state index contributed by atoms with van der Waals surface area (Å²) >= 11 is 2.25. The van der Waals surface area contributed by atoms with Gasteiger partial charge in [-0.25, -0.2) is 19.6 Å². The molecule has 6 rings (SSSR count). The van der Waals surface area contributed by atoms with Crippen LogP contribution < -0.4 is 5.46 Å². The fourth-order valence-corrected chi connectivity index (χ4v) is 5.60. The summed E-state index contributed by atoms with van der Waals surface area (Å²) in [4.78, 5) is 38.2. The number of nitrogens with one attached hydrogen (secondary N) is 2. The van der Waals surface area contributed by atoms with Crippen LogP contribution in [0.25, 0.3) is 11.3 Å². The number of halogens is 1. The summed E-state index contributed by atoms with van der Waals surface area (Å²) in [7, 11) is 8.34. The van der Waals surface area contributed by atoms with Crippen LogP contribution in [-0.2, 0) is 18.9 Å². The van der Waals surface area contributed by atoms with E-state index in [2.05, 4.69) is 47.3 Å². The third-order valence-electron chi connectivity index (χ3n) is 9.52. The number of imidazole rings is 2. The normalized spacial score (nSPS) is 15.0. The number of hydrogen-bond acceptors (Lipinski definition) is 10. The molecule has 4 N–H and O–H groups in total. The van der Waals surface area contributed by atoms with Crippen molar-refractivity contribution >= 4 is 47.8 Å². The first-order chi connectivity index (χ1) is 25.4. The number of aryl methyl sites for hydroxylation is 2. The van der Waals surface area contributed by atoms with Crippen molar-refractivity contribution in [3.63, 3.8) is 0 Å². The van der Waals surface area contributed by atoms with Gasteiger partial charge in [-0.2, -0.15) is 0 Å². The number of aliphatic hydroxyl groups is 2. The van der Waals surface area contributed by atoms with Crippen molar-refractivity contribution in [3.05, 3.63) is 86.4 Å². The highest BCUT2D eigenvalue weighted by Crippen LogP contribution is 2.29. The molecular formula is C40H54BIN4O8. The number of carbonyl (C=O) groups is 2. The highest BCUT2D eigenvalue weighted by molar-refractivity contribution is 14.1. The Hall–Kier alpha value is -3.57. The number of rotatable bonds is 6. The van der Waals surface area contributed by atoms with Gasteiger partial charge in [0, 0.05) is 43.8 Å². The molecule has 2 fully saturated rings. The largest absolute Gasteiger partial charge is 0.465 e. The summed E-state index contributed by atoms with van der Waals surface area (Å²) in [6.07, 6.45) is 7.91. The van der Waals surface area contributed by atoms with Crippen molar-refractivity contribution in [1.82, 2.24) is 19.9 Å². The van der Waals surface area contributed by atoms with Crippen LogP contribution in [0.15, 0.2) is 48.8 Å². The Morgan fingerprint density at radius 1 is 0.759 bits per heavy atom. The summed E-state index contributed by atoms with van der Waals surface area (Å²) in [6.45, 7) is 13.5. The average Bonchev–Trinajstić information content (AvgIpc) is 3.83. The summed E-state index contributed by atoms with van der Waals surface area (Å²) in [6, 6.07) is 10.7. The first-order valence-electron chi connectivity index (χ1n) is 17.9. The molecule has 292 valence electrons. The van der Waals surface area contributed by atoms with E-state index in [1.54, 1.807) is 52.0 Å². The van der Waals surface area contributed by atoms with Crippen LogP contribution in [0, 0.1) is 17.5 Å². The maximum absolute atomic E-state index is 11.7. The van der Waals surface area contributed by atoms with Crippen LogP contribution in [-0.4, -0.2) is 102 Å². The maximum Gasteiger partial charge on any atom is 0.337 e. The number of nitrogens with zero attached hydrogens (tertiary/aromatic N) is 2. The van der Waals surface area contributed by atoms with Crippen molar-refractivity contribution in [3.8, 4) is 11.3 Å². The molecule has 0 saturated carbocycles. The lowest BCUT2D eigenvalue weighted by molar-refractivity contribution is -0.107. The Morgan fingerprint density at radius 3 is 1.63 bits per heavy atom. The number of ether oxygens (including phenoxy) is 4. The summed E-state index contributed by atoms with van der Waals surface area (Å²) in [5.74, 6) is 2.45. The van der Waals surface area contributed by atoms with Crippen molar-refractivity contribution in [2.45, 2.75) is 90.3 Å². The van der Waals surface area contributed by atoms with Gasteiger partial charge in [-0.1, -0.05) is 29.2 Å². The lowest BCUT2D eigenvalue weighted by Crippen LogP contribution is -2.44. The average molecular weight is 857 g/mol. The fourth-order valence-electron chi connectivity index (χ4n) is 5.19. The number of aromatic nitrogens is 4. The van der Waals surface area contributed by atoms with Crippen molar-refractivity contribution in [1.29, 1.82) is 0 Å². The number of esters is 2. The van der Waals surface area contributed by atoms with Gasteiger partial charge in [0.1, 0.15) is 19.5 Å². The highest BCUT2D eigenvalue weighted by Gasteiger charge is 2.32.